The van der Waals surface area contributed by atoms with Gasteiger partial charge in [-0.05, 0) is 45.0 Å². The van der Waals surface area contributed by atoms with Crippen LogP contribution in [-0.2, 0) is 20.9 Å². The number of nitrogens with two attached hydrogens (primary N) is 1. The average molecular weight is 429 g/mol. The molecule has 9 heteroatoms. The molecule has 0 spiro atoms. The van der Waals surface area contributed by atoms with Crippen LogP contribution < -0.4 is 5.73 Å². The third-order valence-corrected chi connectivity index (χ3v) is 5.35. The molecule has 0 atom stereocenters. The van der Waals surface area contributed by atoms with Gasteiger partial charge in [0.25, 0.3) is 5.91 Å². The number of Topliss-reactive ketones (excluding diaryl/α,β-unsaturated/α-hetero) is 1. The Labute approximate surface area is 181 Å². The van der Waals surface area contributed by atoms with E-state index in [2.05, 4.69) is 0 Å². The van der Waals surface area contributed by atoms with Crippen LogP contribution in [0, 0.1) is 17.1 Å². The zero-order valence-corrected chi connectivity index (χ0v) is 17.9. The van der Waals surface area contributed by atoms with Gasteiger partial charge in [0.2, 0.25) is 6.41 Å². The largest absolute Gasteiger partial charge is 0.384 e. The molecule has 2 N–H and O–H groups in total. The Morgan fingerprint density at radius 1 is 1.29 bits per heavy atom. The molecule has 2 rings (SSSR count). The lowest BCUT2D eigenvalue weighted by Crippen LogP contribution is -2.41. The molecule has 166 valence electrons. The summed E-state index contributed by atoms with van der Waals surface area (Å²) in [6, 6.07) is 5.67. The van der Waals surface area contributed by atoms with Crippen LogP contribution >= 0.6 is 0 Å². The SMILES string of the molecule is CCN(C)C(=O)/C(C(=O)CN1CCCCC1)=C(/N)N(C=O)Cc1ccc(C#N)cc1F. The van der Waals surface area contributed by atoms with Crippen molar-refractivity contribution in [3.8, 4) is 6.07 Å². The van der Waals surface area contributed by atoms with Crippen molar-refractivity contribution in [3.05, 3.63) is 46.5 Å². The second-order valence-corrected chi connectivity index (χ2v) is 7.49. The maximum atomic E-state index is 14.3. The van der Waals surface area contributed by atoms with E-state index in [-0.39, 0.29) is 35.6 Å². The third-order valence-electron chi connectivity index (χ3n) is 5.35. The highest BCUT2D eigenvalue weighted by Gasteiger charge is 2.29. The molecule has 1 aromatic carbocycles. The van der Waals surface area contributed by atoms with E-state index in [9.17, 15) is 18.8 Å². The van der Waals surface area contributed by atoms with Gasteiger partial charge in [0.05, 0.1) is 24.7 Å². The Kier molecular flexibility index (Phi) is 8.70. The number of halogens is 1. The fraction of sp³-hybridized carbons (Fsp3) is 0.455. The minimum atomic E-state index is -0.683. The van der Waals surface area contributed by atoms with Gasteiger partial charge in [0.1, 0.15) is 17.2 Å². The topological polar surface area (TPSA) is 111 Å². The van der Waals surface area contributed by atoms with Crippen molar-refractivity contribution in [3.63, 3.8) is 0 Å². The molecule has 31 heavy (non-hydrogen) atoms. The van der Waals surface area contributed by atoms with Crippen LogP contribution in [-0.4, -0.2) is 66.0 Å². The fourth-order valence-corrected chi connectivity index (χ4v) is 3.36. The first kappa shape index (κ1) is 24.0. The average Bonchev–Trinajstić information content (AvgIpc) is 2.78. The van der Waals surface area contributed by atoms with Crippen LogP contribution in [0.1, 0.15) is 37.3 Å². The summed E-state index contributed by atoms with van der Waals surface area (Å²) in [6.07, 6.45) is 3.41. The van der Waals surface area contributed by atoms with E-state index >= 15 is 0 Å². The van der Waals surface area contributed by atoms with Crippen LogP contribution in [0.4, 0.5) is 4.39 Å². The Morgan fingerprint density at radius 2 is 1.97 bits per heavy atom. The number of nitrogens with zero attached hydrogens (tertiary/aromatic N) is 4. The number of hydrogen-bond acceptors (Lipinski definition) is 6. The van der Waals surface area contributed by atoms with E-state index < -0.39 is 17.5 Å². The number of amides is 2. The lowest BCUT2D eigenvalue weighted by Gasteiger charge is -2.28. The van der Waals surface area contributed by atoms with Crippen LogP contribution in [0.3, 0.4) is 0 Å². The molecule has 1 heterocycles. The summed E-state index contributed by atoms with van der Waals surface area (Å²) >= 11 is 0. The van der Waals surface area contributed by atoms with E-state index in [1.165, 1.54) is 24.1 Å². The Hall–Kier alpha value is -3.25. The molecule has 1 aromatic rings. The molecule has 0 radical (unpaired) electrons. The first-order chi connectivity index (χ1) is 14.8. The van der Waals surface area contributed by atoms with Gasteiger partial charge in [0.15, 0.2) is 5.78 Å². The molecular weight excluding hydrogens is 401 g/mol. The smallest absolute Gasteiger partial charge is 0.260 e. The van der Waals surface area contributed by atoms with Gasteiger partial charge in [-0.1, -0.05) is 12.5 Å². The summed E-state index contributed by atoms with van der Waals surface area (Å²) in [5, 5.41) is 8.88. The second-order valence-electron chi connectivity index (χ2n) is 7.49. The number of ketones is 1. The minimum Gasteiger partial charge on any atom is -0.384 e. The monoisotopic (exact) mass is 429 g/mol. The van der Waals surface area contributed by atoms with Crippen molar-refractivity contribution < 1.29 is 18.8 Å². The maximum absolute atomic E-state index is 14.3. The minimum absolute atomic E-state index is 0.0251. The van der Waals surface area contributed by atoms with Gasteiger partial charge in [-0.2, -0.15) is 5.26 Å². The van der Waals surface area contributed by atoms with E-state index in [1.807, 2.05) is 11.0 Å². The number of benzene rings is 1. The summed E-state index contributed by atoms with van der Waals surface area (Å²) in [4.78, 5) is 42.0. The van der Waals surface area contributed by atoms with Crippen LogP contribution in [0.25, 0.3) is 0 Å². The van der Waals surface area contributed by atoms with Crippen molar-refractivity contribution in [2.75, 3.05) is 33.2 Å². The highest BCUT2D eigenvalue weighted by atomic mass is 19.1. The molecular formula is C22H28FN5O3. The Balaban J connectivity index is 2.37. The van der Waals surface area contributed by atoms with E-state index in [4.69, 9.17) is 11.0 Å². The van der Waals surface area contributed by atoms with Crippen LogP contribution in [0.5, 0.6) is 0 Å². The molecule has 2 amide bonds. The highest BCUT2D eigenvalue weighted by Crippen LogP contribution is 2.17. The maximum Gasteiger partial charge on any atom is 0.260 e. The van der Waals surface area contributed by atoms with Gasteiger partial charge in [0, 0.05) is 19.2 Å². The number of hydrogen-bond donors (Lipinski definition) is 1. The van der Waals surface area contributed by atoms with Crippen molar-refractivity contribution >= 4 is 18.1 Å². The quantitative estimate of drug-likeness (QED) is 0.275. The van der Waals surface area contributed by atoms with Gasteiger partial charge in [-0.3, -0.25) is 24.2 Å². The molecule has 0 unspecified atom stereocenters. The summed E-state index contributed by atoms with van der Waals surface area (Å²) in [7, 11) is 1.54. The second kappa shape index (κ2) is 11.2. The number of rotatable bonds is 9. The van der Waals surface area contributed by atoms with E-state index in [0.717, 1.165) is 43.3 Å². The third kappa shape index (κ3) is 6.12. The van der Waals surface area contributed by atoms with Gasteiger partial charge < -0.3 is 10.6 Å². The van der Waals surface area contributed by atoms with Crippen LogP contribution in [0.2, 0.25) is 0 Å². The van der Waals surface area contributed by atoms with Crippen molar-refractivity contribution in [1.82, 2.24) is 14.7 Å². The van der Waals surface area contributed by atoms with Crippen molar-refractivity contribution in [1.29, 1.82) is 5.26 Å². The van der Waals surface area contributed by atoms with Crippen molar-refractivity contribution in [2.24, 2.45) is 5.73 Å². The van der Waals surface area contributed by atoms with Gasteiger partial charge in [-0.15, -0.1) is 0 Å². The number of likely N-dealkylation sites (N-methyl/N-ethyl adjacent to an activating group) is 1. The standard InChI is InChI=1S/C22H28FN5O3/c1-3-26(2)22(31)20(19(30)14-27-9-5-4-6-10-27)21(25)28(15-29)13-17-8-7-16(12-24)11-18(17)23/h7-8,11,15H,3-6,9-10,13-14,25H2,1-2H3/b21-20-. The number of carbonyl (C=O) groups is 3. The predicted octanol–water partition coefficient (Wildman–Crippen LogP) is 1.36. The Bertz CT molecular complexity index is 903. The van der Waals surface area contributed by atoms with Gasteiger partial charge >= 0.3 is 0 Å². The predicted molar refractivity (Wildman–Crippen MR) is 113 cm³/mol. The van der Waals surface area contributed by atoms with E-state index in [1.54, 1.807) is 6.92 Å². The summed E-state index contributed by atoms with van der Waals surface area (Å²) in [5.74, 6) is -2.06. The first-order valence-electron chi connectivity index (χ1n) is 10.2. The molecule has 8 nitrogen and oxygen atoms in total. The van der Waals surface area contributed by atoms with E-state index in [0.29, 0.717) is 13.0 Å². The normalized spacial score (nSPS) is 14.9. The molecule has 0 saturated carbocycles. The summed E-state index contributed by atoms with van der Waals surface area (Å²) < 4.78 is 14.3. The first-order valence-corrected chi connectivity index (χ1v) is 10.2. The molecule has 1 aliphatic heterocycles. The summed E-state index contributed by atoms with van der Waals surface area (Å²) in [6.45, 7) is 3.35. The molecule has 0 aromatic heterocycles. The molecule has 1 aliphatic rings. The zero-order chi connectivity index (χ0) is 23.0. The molecule has 0 bridgehead atoms. The van der Waals surface area contributed by atoms with Crippen LogP contribution in [0.15, 0.2) is 29.6 Å². The number of carbonyl (C=O) groups excluding carboxylic acids is 3. The summed E-state index contributed by atoms with van der Waals surface area (Å²) in [5.41, 5.74) is 6.10. The number of likely N-dealkylation sites (tertiary alicyclic amines) is 1. The zero-order valence-electron chi connectivity index (χ0n) is 17.9. The van der Waals surface area contributed by atoms with Gasteiger partial charge in [-0.25, -0.2) is 4.39 Å². The fourth-order valence-electron chi connectivity index (χ4n) is 3.36. The number of nitriles is 1. The lowest BCUT2D eigenvalue weighted by molar-refractivity contribution is -0.129. The van der Waals surface area contributed by atoms with Crippen molar-refractivity contribution in [2.45, 2.75) is 32.7 Å². The molecule has 1 fully saturated rings. The molecule has 1 saturated heterocycles. The Morgan fingerprint density at radius 3 is 2.52 bits per heavy atom. The lowest BCUT2D eigenvalue weighted by atomic mass is 10.1. The number of piperidine rings is 1. The highest BCUT2D eigenvalue weighted by molar-refractivity contribution is 6.20. The molecule has 0 aliphatic carbocycles.